The van der Waals surface area contributed by atoms with Crippen LogP contribution in [0.25, 0.3) is 76.2 Å². The summed E-state index contributed by atoms with van der Waals surface area (Å²) >= 11 is 0. The molecule has 0 atom stereocenters. The fourth-order valence-corrected chi connectivity index (χ4v) is 10.6. The zero-order valence-electron chi connectivity index (χ0n) is 36.7. The number of furan rings is 2. The average molecular weight is 829 g/mol. The molecule has 2 aromatic heterocycles. The molecular weight excluding hydrogens is 781 g/mol. The Morgan fingerprint density at radius 1 is 0.344 bits per heavy atom. The fourth-order valence-electron chi connectivity index (χ4n) is 10.6. The molecule has 12 rings (SSSR count). The van der Waals surface area contributed by atoms with Gasteiger partial charge in [-0.1, -0.05) is 148 Å². The highest BCUT2D eigenvalue weighted by Gasteiger charge is 2.28. The average Bonchev–Trinajstić information content (AvgIpc) is 3.91. The zero-order valence-corrected chi connectivity index (χ0v) is 36.7. The molecule has 310 valence electrons. The maximum absolute atomic E-state index is 6.82. The van der Waals surface area contributed by atoms with Crippen molar-refractivity contribution in [2.24, 2.45) is 0 Å². The molecule has 4 heteroatoms. The van der Waals surface area contributed by atoms with Crippen LogP contribution in [0.3, 0.4) is 0 Å². The van der Waals surface area contributed by atoms with E-state index in [0.29, 0.717) is 0 Å². The molecule has 0 bridgehead atoms. The van der Waals surface area contributed by atoms with Gasteiger partial charge in [0.25, 0.3) is 0 Å². The highest BCUT2D eigenvalue weighted by molar-refractivity contribution is 6.30. The Hall–Kier alpha value is -7.56. The Morgan fingerprint density at radius 3 is 1.16 bits per heavy atom. The molecule has 0 spiro atoms. The Bertz CT molecular complexity index is 3510. The lowest BCUT2D eigenvalue weighted by Gasteiger charge is -2.31. The Kier molecular flexibility index (Phi) is 8.98. The molecule has 12 aromatic rings. The first kappa shape index (κ1) is 38.1. The van der Waals surface area contributed by atoms with Crippen molar-refractivity contribution >= 4 is 110 Å². The van der Waals surface area contributed by atoms with Crippen molar-refractivity contribution in [3.8, 4) is 0 Å². The molecule has 0 fully saturated rings. The van der Waals surface area contributed by atoms with Gasteiger partial charge >= 0.3 is 0 Å². The molecule has 4 nitrogen and oxygen atoms in total. The number of benzene rings is 10. The molecule has 0 N–H and O–H groups in total. The van der Waals surface area contributed by atoms with Crippen molar-refractivity contribution in [3.05, 3.63) is 192 Å². The lowest BCUT2D eigenvalue weighted by atomic mass is 9.86. The van der Waals surface area contributed by atoms with Gasteiger partial charge in [0.2, 0.25) is 0 Å². The second-order valence-corrected chi connectivity index (χ2v) is 17.4. The SMILES string of the molecule is CCCc1cc(N(c2ccccc2C)c2cccc3c2oc2ccccc23)c2ccc3c(CCC)cc(N(c4ccccc4C)c4cccc5c4oc4ccccc45)c4ccc1c2c34. The van der Waals surface area contributed by atoms with Crippen LogP contribution >= 0.6 is 0 Å². The highest BCUT2D eigenvalue weighted by atomic mass is 16.3. The highest BCUT2D eigenvalue weighted by Crippen LogP contribution is 2.52. The first-order valence-corrected chi connectivity index (χ1v) is 22.8. The summed E-state index contributed by atoms with van der Waals surface area (Å²) in [6.07, 6.45) is 3.97. The number of hydrogen-bond acceptors (Lipinski definition) is 4. The van der Waals surface area contributed by atoms with Crippen LogP contribution in [0, 0.1) is 13.8 Å². The van der Waals surface area contributed by atoms with Crippen molar-refractivity contribution in [2.75, 3.05) is 9.80 Å². The molecule has 0 radical (unpaired) electrons. The number of para-hydroxylation sites is 6. The third-order valence-electron chi connectivity index (χ3n) is 13.5. The maximum Gasteiger partial charge on any atom is 0.159 e. The number of anilines is 6. The summed E-state index contributed by atoms with van der Waals surface area (Å²) in [5, 5.41) is 12.1. The summed E-state index contributed by atoms with van der Waals surface area (Å²) in [7, 11) is 0. The van der Waals surface area contributed by atoms with Crippen LogP contribution < -0.4 is 9.80 Å². The van der Waals surface area contributed by atoms with Gasteiger partial charge in [0.05, 0.1) is 22.7 Å². The van der Waals surface area contributed by atoms with E-state index in [-0.39, 0.29) is 0 Å². The lowest BCUT2D eigenvalue weighted by molar-refractivity contribution is 0.668. The largest absolute Gasteiger partial charge is 0.454 e. The smallest absolute Gasteiger partial charge is 0.159 e. The van der Waals surface area contributed by atoms with E-state index in [9.17, 15) is 0 Å². The van der Waals surface area contributed by atoms with Crippen molar-refractivity contribution in [1.82, 2.24) is 0 Å². The summed E-state index contributed by atoms with van der Waals surface area (Å²) in [6, 6.07) is 62.0. The van der Waals surface area contributed by atoms with E-state index in [0.717, 1.165) is 104 Å². The van der Waals surface area contributed by atoms with Gasteiger partial charge in [0.1, 0.15) is 11.2 Å². The third kappa shape index (κ3) is 5.75. The summed E-state index contributed by atoms with van der Waals surface area (Å²) in [5.41, 5.74) is 15.2. The molecule has 0 unspecified atom stereocenters. The van der Waals surface area contributed by atoms with Crippen molar-refractivity contribution < 1.29 is 8.83 Å². The van der Waals surface area contributed by atoms with Gasteiger partial charge in [0.15, 0.2) is 11.2 Å². The quantitative estimate of drug-likeness (QED) is 0.129. The molecule has 0 saturated carbocycles. The van der Waals surface area contributed by atoms with Gasteiger partial charge in [-0.3, -0.25) is 0 Å². The molecule has 64 heavy (non-hydrogen) atoms. The van der Waals surface area contributed by atoms with Crippen LogP contribution in [0.15, 0.2) is 179 Å². The normalized spacial score (nSPS) is 12.0. The predicted molar refractivity (Wildman–Crippen MR) is 272 cm³/mol. The summed E-state index contributed by atoms with van der Waals surface area (Å²) in [4.78, 5) is 4.95. The summed E-state index contributed by atoms with van der Waals surface area (Å²) < 4.78 is 13.6. The van der Waals surface area contributed by atoms with E-state index < -0.39 is 0 Å². The van der Waals surface area contributed by atoms with Gasteiger partial charge < -0.3 is 18.6 Å². The number of rotatable bonds is 10. The Labute approximate surface area is 372 Å². The number of hydrogen-bond donors (Lipinski definition) is 0. The predicted octanol–water partition coefficient (Wildman–Crippen LogP) is 17.8. The number of aryl methyl sites for hydroxylation is 4. The fraction of sp³-hybridized carbons (Fsp3) is 0.133. The first-order chi connectivity index (χ1) is 31.5. The second kappa shape index (κ2) is 15.1. The van der Waals surface area contributed by atoms with E-state index in [1.54, 1.807) is 0 Å². The number of fused-ring (bicyclic) bond motifs is 6. The van der Waals surface area contributed by atoms with E-state index in [2.05, 4.69) is 207 Å². The van der Waals surface area contributed by atoms with Crippen LogP contribution in [0.2, 0.25) is 0 Å². The third-order valence-corrected chi connectivity index (χ3v) is 13.5. The number of nitrogens with zero attached hydrogens (tertiary/aromatic N) is 2. The molecule has 0 aliphatic heterocycles. The molecular formula is C60H48N2O2. The molecule has 0 amide bonds. The van der Waals surface area contributed by atoms with Crippen LogP contribution in [-0.4, -0.2) is 0 Å². The minimum absolute atomic E-state index is 0.885. The Morgan fingerprint density at radius 2 is 0.719 bits per heavy atom. The van der Waals surface area contributed by atoms with Gasteiger partial charge in [-0.05, 0) is 119 Å². The molecule has 10 aromatic carbocycles. The lowest BCUT2D eigenvalue weighted by Crippen LogP contribution is -2.14. The monoisotopic (exact) mass is 828 g/mol. The van der Waals surface area contributed by atoms with Crippen molar-refractivity contribution in [2.45, 2.75) is 53.4 Å². The molecule has 0 aliphatic rings. The Balaban J connectivity index is 1.21. The van der Waals surface area contributed by atoms with Crippen LogP contribution in [0.1, 0.15) is 48.9 Å². The van der Waals surface area contributed by atoms with E-state index in [1.165, 1.54) is 54.6 Å². The minimum atomic E-state index is 0.885. The topological polar surface area (TPSA) is 32.8 Å². The summed E-state index contributed by atoms with van der Waals surface area (Å²) in [5.74, 6) is 0. The first-order valence-electron chi connectivity index (χ1n) is 22.8. The van der Waals surface area contributed by atoms with Gasteiger partial charge in [-0.25, -0.2) is 0 Å². The molecule has 2 heterocycles. The van der Waals surface area contributed by atoms with Gasteiger partial charge in [-0.15, -0.1) is 0 Å². The zero-order chi connectivity index (χ0) is 43.1. The van der Waals surface area contributed by atoms with Crippen molar-refractivity contribution in [3.63, 3.8) is 0 Å². The van der Waals surface area contributed by atoms with Gasteiger partial charge in [0, 0.05) is 43.7 Å². The van der Waals surface area contributed by atoms with Crippen molar-refractivity contribution in [1.29, 1.82) is 0 Å². The maximum atomic E-state index is 6.82. The van der Waals surface area contributed by atoms with Crippen LogP contribution in [0.4, 0.5) is 34.1 Å². The van der Waals surface area contributed by atoms with E-state index >= 15 is 0 Å². The standard InChI is InChI=1S/C60H48N2O2/c1-5-17-39-35-53(61(49-25-11-7-19-37(49)3)51-27-15-23-45-43-21-9-13-29-55(43)63-59(45)51)47-34-32-42-40(18-6-2)36-54(48-33-31-41(39)57(47)58(42)48)62(50-26-12-8-20-38(50)4)52-28-16-24-46-44-22-10-14-30-56(44)64-60(46)52/h7-16,19-36H,5-6,17-18H2,1-4H3. The second-order valence-electron chi connectivity index (χ2n) is 17.4. The van der Waals surface area contributed by atoms with Gasteiger partial charge in [-0.2, -0.15) is 0 Å². The van der Waals surface area contributed by atoms with E-state index in [4.69, 9.17) is 8.83 Å². The minimum Gasteiger partial charge on any atom is -0.454 e. The van der Waals surface area contributed by atoms with Crippen LogP contribution in [-0.2, 0) is 12.8 Å². The molecule has 0 saturated heterocycles. The molecule has 0 aliphatic carbocycles. The van der Waals surface area contributed by atoms with E-state index in [1.807, 2.05) is 0 Å². The summed E-state index contributed by atoms with van der Waals surface area (Å²) in [6.45, 7) is 9.02. The van der Waals surface area contributed by atoms with Crippen LogP contribution in [0.5, 0.6) is 0 Å².